The van der Waals surface area contributed by atoms with Gasteiger partial charge in [-0.05, 0) is 12.8 Å². The van der Waals surface area contributed by atoms with E-state index in [-0.39, 0.29) is 17.6 Å². The molecule has 0 radical (unpaired) electrons. The van der Waals surface area contributed by atoms with Gasteiger partial charge >= 0.3 is 0 Å². The van der Waals surface area contributed by atoms with E-state index in [1.54, 1.807) is 6.92 Å². The van der Waals surface area contributed by atoms with E-state index in [1.165, 1.54) is 7.05 Å². The fourth-order valence-electron chi connectivity index (χ4n) is 1.44. The van der Waals surface area contributed by atoms with Gasteiger partial charge in [-0.1, -0.05) is 13.3 Å². The first-order chi connectivity index (χ1) is 5.95. The number of sulfonamides is 1. The lowest BCUT2D eigenvalue weighted by Gasteiger charge is -2.23. The number of carbonyl (C=O) groups excluding carboxylic acids is 1. The normalized spacial score (nSPS) is 29.5. The Morgan fingerprint density at radius 1 is 1.38 bits per heavy atom. The maximum atomic E-state index is 11.5. The molecule has 0 aromatic carbocycles. The lowest BCUT2D eigenvalue weighted by Crippen LogP contribution is -2.39. The standard InChI is InChI=1S/C8H15NO3S/c1-7-5-3-4-6-13(11,12)9(2)8(7)10/h7H,3-6H2,1-2H3. The second-order valence-electron chi connectivity index (χ2n) is 3.52. The van der Waals surface area contributed by atoms with Crippen molar-refractivity contribution in [2.24, 2.45) is 5.92 Å². The third-order valence-corrected chi connectivity index (χ3v) is 4.26. The van der Waals surface area contributed by atoms with Crippen molar-refractivity contribution in [2.75, 3.05) is 12.8 Å². The zero-order chi connectivity index (χ0) is 10.1. The molecule has 1 amide bonds. The van der Waals surface area contributed by atoms with Crippen LogP contribution in [-0.4, -0.2) is 31.4 Å². The Balaban J connectivity index is 2.90. The molecule has 0 spiro atoms. The minimum atomic E-state index is -3.32. The predicted molar refractivity (Wildman–Crippen MR) is 49.6 cm³/mol. The van der Waals surface area contributed by atoms with Crippen molar-refractivity contribution in [1.29, 1.82) is 0 Å². The Kier molecular flexibility index (Phi) is 2.95. The zero-order valence-electron chi connectivity index (χ0n) is 7.99. The summed E-state index contributed by atoms with van der Waals surface area (Å²) in [4.78, 5) is 11.5. The first kappa shape index (κ1) is 10.5. The third kappa shape index (κ3) is 2.21. The van der Waals surface area contributed by atoms with Crippen LogP contribution in [-0.2, 0) is 14.8 Å². The first-order valence-corrected chi connectivity index (χ1v) is 6.06. The fraction of sp³-hybridized carbons (Fsp3) is 0.875. The minimum absolute atomic E-state index is 0.0992. The number of carbonyl (C=O) groups is 1. The molecule has 0 bridgehead atoms. The summed E-state index contributed by atoms with van der Waals surface area (Å²) >= 11 is 0. The summed E-state index contributed by atoms with van der Waals surface area (Å²) in [5.41, 5.74) is 0. The molecule has 1 aliphatic rings. The maximum absolute atomic E-state index is 11.5. The van der Waals surface area contributed by atoms with Crippen LogP contribution in [0.15, 0.2) is 0 Å². The van der Waals surface area contributed by atoms with E-state index in [9.17, 15) is 13.2 Å². The third-order valence-electron chi connectivity index (χ3n) is 2.44. The molecule has 13 heavy (non-hydrogen) atoms. The SMILES string of the molecule is CC1CCCCS(=O)(=O)N(C)C1=O. The smallest absolute Gasteiger partial charge is 0.238 e. The number of hydrogen-bond acceptors (Lipinski definition) is 3. The summed E-state index contributed by atoms with van der Waals surface area (Å²) in [5, 5.41) is 0. The van der Waals surface area contributed by atoms with Gasteiger partial charge in [0.25, 0.3) is 0 Å². The molecule has 1 fully saturated rings. The Bertz CT molecular complexity index is 297. The molecule has 1 rings (SSSR count). The average Bonchev–Trinajstić information content (AvgIpc) is 2.08. The van der Waals surface area contributed by atoms with E-state index in [1.807, 2.05) is 0 Å². The van der Waals surface area contributed by atoms with E-state index in [0.717, 1.165) is 17.1 Å². The topological polar surface area (TPSA) is 54.5 Å². The van der Waals surface area contributed by atoms with Crippen LogP contribution in [0.4, 0.5) is 0 Å². The highest BCUT2D eigenvalue weighted by molar-refractivity contribution is 7.89. The van der Waals surface area contributed by atoms with Crippen molar-refractivity contribution in [3.05, 3.63) is 0 Å². The van der Waals surface area contributed by atoms with E-state index >= 15 is 0 Å². The van der Waals surface area contributed by atoms with Gasteiger partial charge in [0.05, 0.1) is 5.75 Å². The predicted octanol–water partition coefficient (Wildman–Crippen LogP) is 0.595. The van der Waals surface area contributed by atoms with E-state index in [0.29, 0.717) is 6.42 Å². The highest BCUT2D eigenvalue weighted by Gasteiger charge is 2.28. The molecule has 0 N–H and O–H groups in total. The molecule has 4 nitrogen and oxygen atoms in total. The summed E-state index contributed by atoms with van der Waals surface area (Å²) in [6.07, 6.45) is 2.27. The number of rotatable bonds is 0. The van der Waals surface area contributed by atoms with Crippen LogP contribution in [0.25, 0.3) is 0 Å². The average molecular weight is 205 g/mol. The van der Waals surface area contributed by atoms with Crippen molar-refractivity contribution in [2.45, 2.75) is 26.2 Å². The molecule has 76 valence electrons. The first-order valence-electron chi connectivity index (χ1n) is 4.45. The molecule has 1 saturated heterocycles. The molecule has 5 heteroatoms. The molecular weight excluding hydrogens is 190 g/mol. The van der Waals surface area contributed by atoms with Gasteiger partial charge < -0.3 is 0 Å². The van der Waals surface area contributed by atoms with Crippen LogP contribution in [0, 0.1) is 5.92 Å². The van der Waals surface area contributed by atoms with Crippen LogP contribution >= 0.6 is 0 Å². The van der Waals surface area contributed by atoms with Crippen molar-refractivity contribution < 1.29 is 13.2 Å². The van der Waals surface area contributed by atoms with Crippen LogP contribution in [0.3, 0.4) is 0 Å². The summed E-state index contributed by atoms with van der Waals surface area (Å²) in [6.45, 7) is 1.78. The van der Waals surface area contributed by atoms with Gasteiger partial charge in [-0.15, -0.1) is 0 Å². The second-order valence-corrected chi connectivity index (χ2v) is 5.64. The second kappa shape index (κ2) is 3.65. The summed E-state index contributed by atoms with van der Waals surface area (Å²) in [5.74, 6) is -0.345. The van der Waals surface area contributed by atoms with E-state index in [4.69, 9.17) is 0 Å². The van der Waals surface area contributed by atoms with Gasteiger partial charge in [0, 0.05) is 13.0 Å². The lowest BCUT2D eigenvalue weighted by molar-refractivity contribution is -0.129. The quantitative estimate of drug-likeness (QED) is 0.581. The minimum Gasteiger partial charge on any atom is -0.274 e. The van der Waals surface area contributed by atoms with Gasteiger partial charge in [0.1, 0.15) is 0 Å². The fourth-order valence-corrected chi connectivity index (χ4v) is 2.74. The molecule has 0 aliphatic carbocycles. The summed E-state index contributed by atoms with van der Waals surface area (Å²) in [7, 11) is -1.97. The Morgan fingerprint density at radius 2 is 2.00 bits per heavy atom. The number of nitrogens with zero attached hydrogens (tertiary/aromatic N) is 1. The summed E-state index contributed by atoms with van der Waals surface area (Å²) < 4.78 is 23.7. The van der Waals surface area contributed by atoms with Crippen LogP contribution in [0.5, 0.6) is 0 Å². The summed E-state index contributed by atoms with van der Waals surface area (Å²) in [6, 6.07) is 0. The lowest BCUT2D eigenvalue weighted by atomic mass is 10.0. The molecule has 1 aliphatic heterocycles. The molecule has 0 saturated carbocycles. The Hall–Kier alpha value is -0.580. The molecule has 0 aromatic rings. The molecular formula is C8H15NO3S. The number of amides is 1. The van der Waals surface area contributed by atoms with Crippen LogP contribution in [0.1, 0.15) is 26.2 Å². The maximum Gasteiger partial charge on any atom is 0.238 e. The van der Waals surface area contributed by atoms with Gasteiger partial charge in [-0.2, -0.15) is 0 Å². The molecule has 0 aromatic heterocycles. The Morgan fingerprint density at radius 3 is 2.62 bits per heavy atom. The van der Waals surface area contributed by atoms with Crippen LogP contribution < -0.4 is 0 Å². The largest absolute Gasteiger partial charge is 0.274 e. The Labute approximate surface area is 79.0 Å². The van der Waals surface area contributed by atoms with Gasteiger partial charge in [-0.25, -0.2) is 12.7 Å². The van der Waals surface area contributed by atoms with E-state index < -0.39 is 10.0 Å². The highest BCUT2D eigenvalue weighted by atomic mass is 32.2. The number of hydrogen-bond donors (Lipinski definition) is 0. The van der Waals surface area contributed by atoms with Crippen molar-refractivity contribution in [3.8, 4) is 0 Å². The van der Waals surface area contributed by atoms with Crippen molar-refractivity contribution >= 4 is 15.9 Å². The van der Waals surface area contributed by atoms with Crippen molar-refractivity contribution in [1.82, 2.24) is 4.31 Å². The molecule has 1 atom stereocenters. The van der Waals surface area contributed by atoms with Gasteiger partial charge in [0.2, 0.25) is 15.9 Å². The van der Waals surface area contributed by atoms with Crippen molar-refractivity contribution in [3.63, 3.8) is 0 Å². The van der Waals surface area contributed by atoms with Gasteiger partial charge in [0.15, 0.2) is 0 Å². The van der Waals surface area contributed by atoms with Gasteiger partial charge in [-0.3, -0.25) is 4.79 Å². The monoisotopic (exact) mass is 205 g/mol. The highest BCUT2D eigenvalue weighted by Crippen LogP contribution is 2.17. The molecule has 1 unspecified atom stereocenters. The van der Waals surface area contributed by atoms with Crippen LogP contribution in [0.2, 0.25) is 0 Å². The van der Waals surface area contributed by atoms with E-state index in [2.05, 4.69) is 0 Å². The zero-order valence-corrected chi connectivity index (χ0v) is 8.80. The molecule has 1 heterocycles.